The average molecular weight is 383 g/mol. The normalized spacial score (nSPS) is 15.5. The van der Waals surface area contributed by atoms with E-state index >= 15 is 0 Å². The van der Waals surface area contributed by atoms with Crippen molar-refractivity contribution in [3.8, 4) is 0 Å². The van der Waals surface area contributed by atoms with Crippen LogP contribution in [0.5, 0.6) is 0 Å². The van der Waals surface area contributed by atoms with E-state index in [-0.39, 0.29) is 11.1 Å². The molecule has 0 unspecified atom stereocenters. The summed E-state index contributed by atoms with van der Waals surface area (Å²) in [5, 5.41) is 2.76. The summed E-state index contributed by atoms with van der Waals surface area (Å²) in [5.41, 5.74) is 1.78. The first-order valence-corrected chi connectivity index (χ1v) is 9.51. The van der Waals surface area contributed by atoms with Crippen LogP contribution < -0.4 is 5.32 Å². The Bertz CT molecular complexity index is 835. The van der Waals surface area contributed by atoms with Crippen LogP contribution in [0.3, 0.4) is 0 Å². The quantitative estimate of drug-likeness (QED) is 0.568. The van der Waals surface area contributed by atoms with Crippen LogP contribution >= 0.6 is 24.0 Å². The van der Waals surface area contributed by atoms with Crippen molar-refractivity contribution >= 4 is 51.9 Å². The Morgan fingerprint density at radius 1 is 1.08 bits per heavy atom. The molecule has 6 heteroatoms. The van der Waals surface area contributed by atoms with Gasteiger partial charge in [0.2, 0.25) is 5.91 Å². The fourth-order valence-electron chi connectivity index (χ4n) is 2.54. The van der Waals surface area contributed by atoms with Gasteiger partial charge in [-0.05, 0) is 42.0 Å². The van der Waals surface area contributed by atoms with E-state index in [9.17, 15) is 9.59 Å². The highest BCUT2D eigenvalue weighted by molar-refractivity contribution is 8.19. The Morgan fingerprint density at radius 2 is 1.73 bits per heavy atom. The first kappa shape index (κ1) is 18.4. The molecule has 0 atom stereocenters. The summed E-state index contributed by atoms with van der Waals surface area (Å²) in [6.45, 7) is 0.443. The molecule has 1 aliphatic rings. The van der Waals surface area contributed by atoms with Gasteiger partial charge < -0.3 is 5.32 Å². The fourth-order valence-corrected chi connectivity index (χ4v) is 3.83. The van der Waals surface area contributed by atoms with E-state index in [0.29, 0.717) is 24.4 Å². The summed E-state index contributed by atoms with van der Waals surface area (Å²) >= 11 is 6.58. The number of rotatable bonds is 6. The van der Waals surface area contributed by atoms with Crippen molar-refractivity contribution in [2.75, 3.05) is 11.9 Å². The lowest BCUT2D eigenvalue weighted by Gasteiger charge is -2.14. The van der Waals surface area contributed by atoms with Crippen molar-refractivity contribution < 1.29 is 9.59 Å². The number of amides is 2. The SMILES string of the molecule is O=C(CCCN1C(=O)SC(=Cc2ccccc2)C1=S)Nc1ccccc1. The highest BCUT2D eigenvalue weighted by Crippen LogP contribution is 2.33. The summed E-state index contributed by atoms with van der Waals surface area (Å²) in [5.74, 6) is -0.0681. The van der Waals surface area contributed by atoms with Crippen molar-refractivity contribution in [1.29, 1.82) is 0 Å². The molecule has 2 amide bonds. The van der Waals surface area contributed by atoms with Gasteiger partial charge in [0.25, 0.3) is 5.24 Å². The number of hydrogen-bond acceptors (Lipinski definition) is 4. The van der Waals surface area contributed by atoms with Crippen molar-refractivity contribution in [3.63, 3.8) is 0 Å². The fraction of sp³-hybridized carbons (Fsp3) is 0.150. The van der Waals surface area contributed by atoms with Crippen LogP contribution in [0.4, 0.5) is 10.5 Å². The molecule has 0 bridgehead atoms. The number of nitrogens with zero attached hydrogens (tertiary/aromatic N) is 1. The molecule has 1 fully saturated rings. The standard InChI is InChI=1S/C20H18N2O2S2/c23-18(21-16-10-5-2-6-11-16)12-7-13-22-19(25)17(26-20(22)24)14-15-8-3-1-4-9-15/h1-6,8-11,14H,7,12-13H2,(H,21,23). The molecule has 0 radical (unpaired) electrons. The van der Waals surface area contributed by atoms with Gasteiger partial charge in [0.1, 0.15) is 4.99 Å². The van der Waals surface area contributed by atoms with Crippen LogP contribution in [-0.4, -0.2) is 27.6 Å². The zero-order chi connectivity index (χ0) is 18.4. The maximum Gasteiger partial charge on any atom is 0.291 e. The van der Waals surface area contributed by atoms with E-state index in [0.717, 1.165) is 27.9 Å². The highest BCUT2D eigenvalue weighted by Gasteiger charge is 2.31. The summed E-state index contributed by atoms with van der Waals surface area (Å²) in [7, 11) is 0. The molecule has 1 heterocycles. The number of hydrogen-bond donors (Lipinski definition) is 1. The molecule has 0 aliphatic carbocycles. The van der Waals surface area contributed by atoms with Gasteiger partial charge >= 0.3 is 0 Å². The zero-order valence-electron chi connectivity index (χ0n) is 14.1. The molecule has 1 aliphatic heterocycles. The van der Waals surface area contributed by atoms with Gasteiger partial charge in [-0.3, -0.25) is 14.5 Å². The second-order valence-electron chi connectivity index (χ2n) is 5.76. The Hall–Kier alpha value is -2.44. The van der Waals surface area contributed by atoms with Crippen LogP contribution in [0.25, 0.3) is 6.08 Å². The van der Waals surface area contributed by atoms with Gasteiger partial charge in [-0.15, -0.1) is 0 Å². The van der Waals surface area contributed by atoms with Crippen LogP contribution in [0, 0.1) is 0 Å². The molecular weight excluding hydrogens is 364 g/mol. The van der Waals surface area contributed by atoms with Gasteiger partial charge in [0.05, 0.1) is 4.91 Å². The van der Waals surface area contributed by atoms with Gasteiger partial charge in [-0.25, -0.2) is 0 Å². The lowest BCUT2D eigenvalue weighted by molar-refractivity contribution is -0.116. The van der Waals surface area contributed by atoms with Crippen LogP contribution in [-0.2, 0) is 4.79 Å². The number of carbonyl (C=O) groups excluding carboxylic acids is 2. The Kier molecular flexibility index (Phi) is 6.20. The maximum atomic E-state index is 12.2. The third kappa shape index (κ3) is 4.80. The zero-order valence-corrected chi connectivity index (χ0v) is 15.7. The molecular formula is C20H18N2O2S2. The van der Waals surface area contributed by atoms with E-state index in [1.807, 2.05) is 66.7 Å². The van der Waals surface area contributed by atoms with Gasteiger partial charge in [-0.1, -0.05) is 60.7 Å². The predicted octanol–water partition coefficient (Wildman–Crippen LogP) is 4.94. The Labute approximate surface area is 162 Å². The maximum absolute atomic E-state index is 12.2. The first-order chi connectivity index (χ1) is 12.6. The molecule has 2 aromatic rings. The second-order valence-corrected chi connectivity index (χ2v) is 7.14. The number of anilines is 1. The van der Waals surface area contributed by atoms with Gasteiger partial charge in [-0.2, -0.15) is 0 Å². The van der Waals surface area contributed by atoms with Gasteiger partial charge in [0, 0.05) is 18.7 Å². The third-order valence-corrected chi connectivity index (χ3v) is 5.31. The molecule has 0 saturated carbocycles. The van der Waals surface area contributed by atoms with Gasteiger partial charge in [0.15, 0.2) is 0 Å². The topological polar surface area (TPSA) is 49.4 Å². The molecule has 0 aromatic heterocycles. The number of carbonyl (C=O) groups is 2. The number of para-hydroxylation sites is 1. The average Bonchev–Trinajstić information content (AvgIpc) is 2.91. The van der Waals surface area contributed by atoms with E-state index < -0.39 is 0 Å². The Morgan fingerprint density at radius 3 is 2.42 bits per heavy atom. The van der Waals surface area contributed by atoms with Crippen molar-refractivity contribution in [2.24, 2.45) is 0 Å². The molecule has 3 rings (SSSR count). The van der Waals surface area contributed by atoms with Crippen molar-refractivity contribution in [2.45, 2.75) is 12.8 Å². The number of benzene rings is 2. The van der Waals surface area contributed by atoms with E-state index in [1.165, 1.54) is 0 Å². The molecule has 1 N–H and O–H groups in total. The summed E-state index contributed by atoms with van der Waals surface area (Å²) in [4.78, 5) is 27.1. The summed E-state index contributed by atoms with van der Waals surface area (Å²) < 4.78 is 0. The molecule has 4 nitrogen and oxygen atoms in total. The van der Waals surface area contributed by atoms with E-state index in [1.54, 1.807) is 4.90 Å². The summed E-state index contributed by atoms with van der Waals surface area (Å²) in [6.07, 6.45) is 2.82. The monoisotopic (exact) mass is 382 g/mol. The lowest BCUT2D eigenvalue weighted by atomic mass is 10.2. The summed E-state index contributed by atoms with van der Waals surface area (Å²) in [6, 6.07) is 19.1. The van der Waals surface area contributed by atoms with Crippen LogP contribution in [0.15, 0.2) is 65.6 Å². The molecule has 1 saturated heterocycles. The minimum Gasteiger partial charge on any atom is -0.326 e. The molecule has 26 heavy (non-hydrogen) atoms. The van der Waals surface area contributed by atoms with Crippen LogP contribution in [0.2, 0.25) is 0 Å². The Balaban J connectivity index is 1.52. The van der Waals surface area contributed by atoms with Crippen molar-refractivity contribution in [1.82, 2.24) is 4.90 Å². The largest absolute Gasteiger partial charge is 0.326 e. The minimum atomic E-state index is -0.0827. The second kappa shape index (κ2) is 8.78. The minimum absolute atomic E-state index is 0.0681. The van der Waals surface area contributed by atoms with E-state index in [4.69, 9.17) is 12.2 Å². The first-order valence-electron chi connectivity index (χ1n) is 8.29. The highest BCUT2D eigenvalue weighted by atomic mass is 32.2. The smallest absolute Gasteiger partial charge is 0.291 e. The number of thioether (sulfide) groups is 1. The molecule has 2 aromatic carbocycles. The molecule has 132 valence electrons. The third-order valence-electron chi connectivity index (χ3n) is 3.81. The number of nitrogens with one attached hydrogen (secondary N) is 1. The lowest BCUT2D eigenvalue weighted by Crippen LogP contribution is -2.28. The number of thiocarbonyl (C=S) groups is 1. The molecule has 0 spiro atoms. The predicted molar refractivity (Wildman–Crippen MR) is 111 cm³/mol. The van der Waals surface area contributed by atoms with Crippen molar-refractivity contribution in [3.05, 3.63) is 71.1 Å². The van der Waals surface area contributed by atoms with Crippen LogP contribution in [0.1, 0.15) is 18.4 Å². The van der Waals surface area contributed by atoms with E-state index in [2.05, 4.69) is 5.32 Å².